The van der Waals surface area contributed by atoms with Gasteiger partial charge in [0.25, 0.3) is 0 Å². The Bertz CT molecular complexity index is 727. The topological polar surface area (TPSA) is 37.4 Å². The lowest BCUT2D eigenvalue weighted by atomic mass is 10.2. The van der Waals surface area contributed by atoms with Gasteiger partial charge in [0.05, 0.1) is 0 Å². The van der Waals surface area contributed by atoms with Crippen LogP contribution in [0.5, 0.6) is 0 Å². The Balaban J connectivity index is 2.10. The third-order valence-corrected chi connectivity index (χ3v) is 4.67. The lowest BCUT2D eigenvalue weighted by Crippen LogP contribution is -2.24. The molecule has 0 heterocycles. The second kappa shape index (κ2) is 6.89. The number of sulfonamides is 1. The molecule has 0 bridgehead atoms. The van der Waals surface area contributed by atoms with Gasteiger partial charge in [0.1, 0.15) is 0 Å². The van der Waals surface area contributed by atoms with E-state index in [-0.39, 0.29) is 6.54 Å². The van der Waals surface area contributed by atoms with Gasteiger partial charge in [-0.1, -0.05) is 54.1 Å². The highest BCUT2D eigenvalue weighted by Crippen LogP contribution is 2.14. The number of hydrogen-bond acceptors (Lipinski definition) is 2. The first-order chi connectivity index (χ1) is 9.97. The lowest BCUT2D eigenvalue weighted by molar-refractivity contribution is 0.475. The number of benzene rings is 2. The van der Waals surface area contributed by atoms with Crippen molar-refractivity contribution in [1.29, 1.82) is 0 Å². The van der Waals surface area contributed by atoms with Crippen LogP contribution in [0, 0.1) is 0 Å². The summed E-state index contributed by atoms with van der Waals surface area (Å²) in [6.07, 6.45) is 1.59. The van der Waals surface area contributed by atoms with Crippen LogP contribution in [-0.4, -0.2) is 19.8 Å². The fraction of sp³-hybridized carbons (Fsp3) is 0.125. The smallest absolute Gasteiger partial charge is 0.208 e. The average molecular weight is 322 g/mol. The molecule has 0 spiro atoms. The normalized spacial score (nSPS) is 12.1. The summed E-state index contributed by atoms with van der Waals surface area (Å²) in [4.78, 5) is 0. The van der Waals surface area contributed by atoms with Gasteiger partial charge in [-0.05, 0) is 29.3 Å². The summed E-state index contributed by atoms with van der Waals surface area (Å²) in [5.41, 5.74) is 1.69. The van der Waals surface area contributed by atoms with Crippen LogP contribution in [0.25, 0.3) is 6.08 Å². The molecule has 110 valence electrons. The first-order valence-corrected chi connectivity index (χ1v) is 8.29. The maximum atomic E-state index is 12.2. The van der Waals surface area contributed by atoms with E-state index >= 15 is 0 Å². The molecular weight excluding hydrogens is 306 g/mol. The minimum Gasteiger partial charge on any atom is -0.208 e. The maximum Gasteiger partial charge on any atom is 0.236 e. The highest BCUT2D eigenvalue weighted by atomic mass is 35.5. The van der Waals surface area contributed by atoms with Crippen LogP contribution in [0.1, 0.15) is 11.1 Å². The van der Waals surface area contributed by atoms with Gasteiger partial charge < -0.3 is 0 Å². The minimum atomic E-state index is -3.46. The van der Waals surface area contributed by atoms with Crippen LogP contribution in [-0.2, 0) is 16.6 Å². The molecule has 0 radical (unpaired) electrons. The molecular formula is C16H16ClNO2S. The van der Waals surface area contributed by atoms with E-state index in [9.17, 15) is 8.42 Å². The van der Waals surface area contributed by atoms with Crippen LogP contribution in [0.15, 0.2) is 60.0 Å². The first kappa shape index (κ1) is 15.8. The molecule has 0 aliphatic rings. The standard InChI is InChI=1S/C16H16ClNO2S/c1-18(13-15-8-5-9-16(17)12-15)21(19,20)11-10-14-6-3-2-4-7-14/h2-12H,13H2,1H3/b11-10+. The Morgan fingerprint density at radius 3 is 2.48 bits per heavy atom. The zero-order valence-electron chi connectivity index (χ0n) is 11.6. The Labute approximate surface area is 130 Å². The van der Waals surface area contributed by atoms with Crippen molar-refractivity contribution >= 4 is 27.7 Å². The van der Waals surface area contributed by atoms with E-state index in [2.05, 4.69) is 0 Å². The molecule has 0 unspecified atom stereocenters. The molecule has 0 aliphatic heterocycles. The first-order valence-electron chi connectivity index (χ1n) is 6.41. The summed E-state index contributed by atoms with van der Waals surface area (Å²) >= 11 is 5.90. The molecule has 0 N–H and O–H groups in total. The maximum absolute atomic E-state index is 12.2. The Morgan fingerprint density at radius 2 is 1.81 bits per heavy atom. The van der Waals surface area contributed by atoms with E-state index in [1.165, 1.54) is 9.71 Å². The molecule has 0 aromatic heterocycles. The van der Waals surface area contributed by atoms with Gasteiger partial charge in [-0.2, -0.15) is 4.31 Å². The molecule has 2 aromatic rings. The van der Waals surface area contributed by atoms with E-state index in [0.717, 1.165) is 11.1 Å². The Hall–Kier alpha value is -1.62. The predicted molar refractivity (Wildman–Crippen MR) is 87.3 cm³/mol. The van der Waals surface area contributed by atoms with Gasteiger partial charge in [0.2, 0.25) is 10.0 Å². The van der Waals surface area contributed by atoms with Crippen LogP contribution >= 0.6 is 11.6 Å². The minimum absolute atomic E-state index is 0.280. The van der Waals surface area contributed by atoms with Gasteiger partial charge in [-0.15, -0.1) is 0 Å². The average Bonchev–Trinajstić information content (AvgIpc) is 2.46. The van der Waals surface area contributed by atoms with E-state index < -0.39 is 10.0 Å². The van der Waals surface area contributed by atoms with Gasteiger partial charge in [-0.25, -0.2) is 8.42 Å². The fourth-order valence-corrected chi connectivity index (χ4v) is 2.89. The van der Waals surface area contributed by atoms with Crippen molar-refractivity contribution in [3.8, 4) is 0 Å². The summed E-state index contributed by atoms with van der Waals surface area (Å²) in [6.45, 7) is 0.280. The molecule has 5 heteroatoms. The lowest BCUT2D eigenvalue weighted by Gasteiger charge is -2.14. The van der Waals surface area contributed by atoms with Gasteiger partial charge in [0, 0.05) is 24.0 Å². The summed E-state index contributed by atoms with van der Waals surface area (Å²) in [5.74, 6) is 0. The monoisotopic (exact) mass is 321 g/mol. The predicted octanol–water partition coefficient (Wildman–Crippen LogP) is 3.77. The third kappa shape index (κ3) is 4.70. The quantitative estimate of drug-likeness (QED) is 0.840. The van der Waals surface area contributed by atoms with Crippen molar-refractivity contribution in [3.63, 3.8) is 0 Å². The molecule has 2 rings (SSSR count). The van der Waals surface area contributed by atoms with E-state index in [1.54, 1.807) is 31.3 Å². The SMILES string of the molecule is CN(Cc1cccc(Cl)c1)S(=O)(=O)/C=C/c1ccccc1. The summed E-state index contributed by atoms with van der Waals surface area (Å²) < 4.78 is 25.7. The zero-order valence-corrected chi connectivity index (χ0v) is 13.2. The van der Waals surface area contributed by atoms with Crippen molar-refractivity contribution in [2.24, 2.45) is 0 Å². The van der Waals surface area contributed by atoms with Crippen molar-refractivity contribution in [1.82, 2.24) is 4.31 Å². The molecule has 0 amide bonds. The van der Waals surface area contributed by atoms with Crippen molar-refractivity contribution in [2.75, 3.05) is 7.05 Å². The molecule has 3 nitrogen and oxygen atoms in total. The van der Waals surface area contributed by atoms with Gasteiger partial charge >= 0.3 is 0 Å². The fourth-order valence-electron chi connectivity index (χ4n) is 1.81. The molecule has 21 heavy (non-hydrogen) atoms. The largest absolute Gasteiger partial charge is 0.236 e. The van der Waals surface area contributed by atoms with Crippen LogP contribution < -0.4 is 0 Å². The van der Waals surface area contributed by atoms with Crippen molar-refractivity contribution < 1.29 is 8.42 Å². The van der Waals surface area contributed by atoms with Crippen LogP contribution in [0.3, 0.4) is 0 Å². The Morgan fingerprint density at radius 1 is 1.10 bits per heavy atom. The molecule has 0 saturated carbocycles. The summed E-state index contributed by atoms with van der Waals surface area (Å²) in [7, 11) is -1.91. The molecule has 0 atom stereocenters. The third-order valence-electron chi connectivity index (χ3n) is 2.96. The molecule has 0 aliphatic carbocycles. The number of rotatable bonds is 5. The zero-order chi connectivity index (χ0) is 15.3. The highest BCUT2D eigenvalue weighted by Gasteiger charge is 2.14. The molecule has 0 fully saturated rings. The van der Waals surface area contributed by atoms with E-state index in [4.69, 9.17) is 11.6 Å². The van der Waals surface area contributed by atoms with Gasteiger partial charge in [-0.3, -0.25) is 0 Å². The Kier molecular flexibility index (Phi) is 5.17. The van der Waals surface area contributed by atoms with Crippen molar-refractivity contribution in [3.05, 3.63) is 76.2 Å². The highest BCUT2D eigenvalue weighted by molar-refractivity contribution is 7.92. The number of hydrogen-bond donors (Lipinski definition) is 0. The van der Waals surface area contributed by atoms with Gasteiger partial charge in [0.15, 0.2) is 0 Å². The summed E-state index contributed by atoms with van der Waals surface area (Å²) in [5, 5.41) is 1.81. The second-order valence-corrected chi connectivity index (χ2v) is 7.01. The van der Waals surface area contributed by atoms with Crippen molar-refractivity contribution in [2.45, 2.75) is 6.54 Å². The van der Waals surface area contributed by atoms with Crippen LogP contribution in [0.4, 0.5) is 0 Å². The summed E-state index contributed by atoms with van der Waals surface area (Å²) in [6, 6.07) is 16.5. The van der Waals surface area contributed by atoms with Crippen LogP contribution in [0.2, 0.25) is 5.02 Å². The molecule has 2 aromatic carbocycles. The number of nitrogens with zero attached hydrogens (tertiary/aromatic N) is 1. The van der Waals surface area contributed by atoms with E-state index in [1.807, 2.05) is 36.4 Å². The second-order valence-electron chi connectivity index (χ2n) is 4.64. The molecule has 0 saturated heterocycles. The van der Waals surface area contributed by atoms with E-state index in [0.29, 0.717) is 5.02 Å². The number of halogens is 1.